The van der Waals surface area contributed by atoms with Crippen molar-refractivity contribution in [1.82, 2.24) is 9.29 Å². The average molecular weight is 441 g/mol. The summed E-state index contributed by atoms with van der Waals surface area (Å²) in [7, 11) is -3.52. The third kappa shape index (κ3) is 4.39. The lowest BCUT2D eigenvalue weighted by molar-refractivity contribution is -0.274. The van der Waals surface area contributed by atoms with Crippen LogP contribution in [0.5, 0.6) is 5.75 Å². The molecule has 2 aromatic rings. The van der Waals surface area contributed by atoms with E-state index in [2.05, 4.69) is 14.6 Å². The number of sulfonamides is 1. The highest BCUT2D eigenvalue weighted by molar-refractivity contribution is 7.89. The smallest absolute Gasteiger partial charge is 0.406 e. The Morgan fingerprint density at radius 1 is 0.933 bits per heavy atom. The summed E-state index contributed by atoms with van der Waals surface area (Å²) in [5.41, 5.74) is 0.860. The van der Waals surface area contributed by atoms with Crippen LogP contribution in [0.1, 0.15) is 19.3 Å². The Morgan fingerprint density at radius 3 is 2.13 bits per heavy atom. The average Bonchev–Trinajstić information content (AvgIpc) is 3.12. The van der Waals surface area contributed by atoms with E-state index >= 15 is 0 Å². The lowest BCUT2D eigenvalue weighted by Crippen LogP contribution is -2.44. The van der Waals surface area contributed by atoms with E-state index in [0.29, 0.717) is 13.1 Å². The van der Waals surface area contributed by atoms with Crippen LogP contribution in [0.25, 0.3) is 0 Å². The van der Waals surface area contributed by atoms with Crippen LogP contribution in [0.15, 0.2) is 53.7 Å². The molecule has 2 aliphatic heterocycles. The van der Waals surface area contributed by atoms with Gasteiger partial charge in [-0.3, -0.25) is 4.98 Å². The van der Waals surface area contributed by atoms with Crippen molar-refractivity contribution in [2.45, 2.75) is 30.5 Å². The Bertz CT molecular complexity index is 974. The molecule has 30 heavy (non-hydrogen) atoms. The highest BCUT2D eigenvalue weighted by Gasteiger charge is 2.43. The first-order valence-electron chi connectivity index (χ1n) is 9.68. The van der Waals surface area contributed by atoms with Gasteiger partial charge in [-0.1, -0.05) is 0 Å². The molecule has 1 spiro atoms. The first kappa shape index (κ1) is 20.9. The maximum absolute atomic E-state index is 12.8. The molecular weight excluding hydrogens is 419 g/mol. The summed E-state index contributed by atoms with van der Waals surface area (Å²) in [6.45, 7) is 2.46. The summed E-state index contributed by atoms with van der Waals surface area (Å²) in [4.78, 5) is 6.27. The molecule has 10 heteroatoms. The lowest BCUT2D eigenvalue weighted by Gasteiger charge is -2.38. The zero-order valence-electron chi connectivity index (χ0n) is 16.2. The number of benzene rings is 1. The quantitative estimate of drug-likeness (QED) is 0.725. The molecule has 0 aliphatic carbocycles. The minimum atomic E-state index is -4.70. The van der Waals surface area contributed by atoms with Crippen LogP contribution >= 0.6 is 0 Å². The molecule has 0 bridgehead atoms. The lowest BCUT2D eigenvalue weighted by atomic mass is 9.78. The van der Waals surface area contributed by atoms with Crippen molar-refractivity contribution in [3.63, 3.8) is 0 Å². The van der Waals surface area contributed by atoms with Gasteiger partial charge in [0.15, 0.2) is 0 Å². The summed E-state index contributed by atoms with van der Waals surface area (Å²) < 4.78 is 68.0. The maximum Gasteiger partial charge on any atom is 0.573 e. The van der Waals surface area contributed by atoms with Crippen molar-refractivity contribution >= 4 is 15.7 Å². The summed E-state index contributed by atoms with van der Waals surface area (Å²) >= 11 is 0. The molecule has 0 unspecified atom stereocenters. The van der Waals surface area contributed by atoms with Gasteiger partial charge in [-0.15, -0.1) is 13.2 Å². The fourth-order valence-electron chi connectivity index (χ4n) is 4.28. The topological polar surface area (TPSA) is 62.7 Å². The SMILES string of the molecule is O=S(=O)(c1ccncc1)N1CCC2(CCN(c3ccc(OC(F)(F)F)cc3)C2)CC1. The number of halogens is 3. The van der Waals surface area contributed by atoms with E-state index in [-0.39, 0.29) is 16.1 Å². The summed E-state index contributed by atoms with van der Waals surface area (Å²) in [6.07, 6.45) is 0.670. The predicted molar refractivity (Wildman–Crippen MR) is 105 cm³/mol. The Hall–Kier alpha value is -2.33. The van der Waals surface area contributed by atoms with E-state index in [1.54, 1.807) is 12.1 Å². The largest absolute Gasteiger partial charge is 0.573 e. The van der Waals surface area contributed by atoms with Crippen molar-refractivity contribution in [3.8, 4) is 5.75 Å². The second-order valence-corrected chi connectivity index (χ2v) is 9.74. The van der Waals surface area contributed by atoms with Gasteiger partial charge in [-0.05, 0) is 61.1 Å². The monoisotopic (exact) mass is 441 g/mol. The molecular formula is C20H22F3N3O3S. The second-order valence-electron chi connectivity index (χ2n) is 7.80. The number of ether oxygens (including phenoxy) is 1. The highest BCUT2D eigenvalue weighted by atomic mass is 32.2. The Morgan fingerprint density at radius 2 is 1.53 bits per heavy atom. The van der Waals surface area contributed by atoms with Gasteiger partial charge < -0.3 is 9.64 Å². The first-order valence-corrected chi connectivity index (χ1v) is 11.1. The van der Waals surface area contributed by atoms with Crippen LogP contribution in [0.4, 0.5) is 18.9 Å². The van der Waals surface area contributed by atoms with Crippen molar-refractivity contribution in [2.24, 2.45) is 5.41 Å². The number of aromatic nitrogens is 1. The molecule has 0 saturated carbocycles. The zero-order valence-corrected chi connectivity index (χ0v) is 17.0. The van der Waals surface area contributed by atoms with E-state index in [0.717, 1.165) is 38.0 Å². The molecule has 2 aliphatic rings. The van der Waals surface area contributed by atoms with E-state index in [1.165, 1.54) is 41.0 Å². The highest BCUT2D eigenvalue weighted by Crippen LogP contribution is 2.43. The van der Waals surface area contributed by atoms with Crippen LogP contribution in [-0.2, 0) is 10.0 Å². The molecule has 2 saturated heterocycles. The third-order valence-electron chi connectivity index (χ3n) is 5.94. The van der Waals surface area contributed by atoms with Crippen LogP contribution < -0.4 is 9.64 Å². The van der Waals surface area contributed by atoms with E-state index < -0.39 is 16.4 Å². The number of rotatable bonds is 4. The van der Waals surface area contributed by atoms with Gasteiger partial charge in [0.1, 0.15) is 5.75 Å². The van der Waals surface area contributed by atoms with E-state index in [1.807, 2.05) is 0 Å². The molecule has 0 amide bonds. The number of anilines is 1. The van der Waals surface area contributed by atoms with Gasteiger partial charge in [-0.25, -0.2) is 8.42 Å². The summed E-state index contributed by atoms with van der Waals surface area (Å²) in [5, 5.41) is 0. The van der Waals surface area contributed by atoms with Gasteiger partial charge in [0.2, 0.25) is 10.0 Å². The number of nitrogens with zero attached hydrogens (tertiary/aromatic N) is 3. The van der Waals surface area contributed by atoms with Gasteiger partial charge >= 0.3 is 6.36 Å². The fourth-order valence-corrected chi connectivity index (χ4v) is 5.71. The number of hydrogen-bond acceptors (Lipinski definition) is 5. The normalized spacial score (nSPS) is 19.9. The number of pyridine rings is 1. The molecule has 162 valence electrons. The maximum atomic E-state index is 12.8. The minimum Gasteiger partial charge on any atom is -0.406 e. The minimum absolute atomic E-state index is 0.0193. The number of piperidine rings is 1. The van der Waals surface area contributed by atoms with Gasteiger partial charge in [-0.2, -0.15) is 4.31 Å². The molecule has 0 atom stereocenters. The summed E-state index contributed by atoms with van der Waals surface area (Å²) in [5.74, 6) is -0.241. The number of hydrogen-bond donors (Lipinski definition) is 0. The van der Waals surface area contributed by atoms with Crippen molar-refractivity contribution in [2.75, 3.05) is 31.1 Å². The third-order valence-corrected chi connectivity index (χ3v) is 7.86. The molecule has 3 heterocycles. The van der Waals surface area contributed by atoms with Crippen LogP contribution in [-0.4, -0.2) is 50.2 Å². The predicted octanol–water partition coefficient (Wildman–Crippen LogP) is 3.66. The van der Waals surface area contributed by atoms with Crippen LogP contribution in [0.2, 0.25) is 0 Å². The fraction of sp³-hybridized carbons (Fsp3) is 0.450. The van der Waals surface area contributed by atoms with Crippen LogP contribution in [0, 0.1) is 5.41 Å². The van der Waals surface area contributed by atoms with Crippen molar-refractivity contribution < 1.29 is 26.3 Å². The molecule has 0 N–H and O–H groups in total. The molecule has 2 fully saturated rings. The van der Waals surface area contributed by atoms with E-state index in [9.17, 15) is 21.6 Å². The van der Waals surface area contributed by atoms with Crippen LogP contribution in [0.3, 0.4) is 0 Å². The van der Waals surface area contributed by atoms with Gasteiger partial charge in [0, 0.05) is 44.3 Å². The van der Waals surface area contributed by atoms with Crippen molar-refractivity contribution in [1.29, 1.82) is 0 Å². The Balaban J connectivity index is 1.38. The Kier molecular flexibility index (Phi) is 5.39. The number of alkyl halides is 3. The summed E-state index contributed by atoms with van der Waals surface area (Å²) in [6, 6.07) is 8.90. The standard InChI is InChI=1S/C20H22F3N3O3S/c21-20(22,23)29-17-3-1-16(2-4-17)25-12-7-19(15-25)8-13-26(14-9-19)30(27,28)18-5-10-24-11-6-18/h1-6,10-11H,7-9,12-15H2. The zero-order chi connectivity index (χ0) is 21.4. The van der Waals surface area contributed by atoms with Gasteiger partial charge in [0.25, 0.3) is 0 Å². The molecule has 1 aromatic carbocycles. The van der Waals surface area contributed by atoms with Crippen molar-refractivity contribution in [3.05, 3.63) is 48.8 Å². The molecule has 1 aromatic heterocycles. The van der Waals surface area contributed by atoms with E-state index in [4.69, 9.17) is 0 Å². The molecule has 6 nitrogen and oxygen atoms in total. The molecule has 4 rings (SSSR count). The molecule has 0 radical (unpaired) electrons. The van der Waals surface area contributed by atoms with Gasteiger partial charge in [0.05, 0.1) is 4.90 Å². The second kappa shape index (κ2) is 7.73. The Labute approximate surface area is 173 Å². The first-order chi connectivity index (χ1) is 14.2.